The van der Waals surface area contributed by atoms with Crippen LogP contribution in [0.25, 0.3) is 0 Å². The molecule has 20 heavy (non-hydrogen) atoms. The fourth-order valence-corrected chi connectivity index (χ4v) is 1.98. The number of hydrogen-bond donors (Lipinski definition) is 2. The van der Waals surface area contributed by atoms with Crippen molar-refractivity contribution in [1.82, 2.24) is 5.32 Å². The van der Waals surface area contributed by atoms with Gasteiger partial charge >= 0.3 is 5.97 Å². The molecule has 0 fully saturated rings. The molecule has 5 heteroatoms. The van der Waals surface area contributed by atoms with Gasteiger partial charge in [0.15, 0.2) is 0 Å². The van der Waals surface area contributed by atoms with Crippen LogP contribution < -0.4 is 10.2 Å². The van der Waals surface area contributed by atoms with Gasteiger partial charge in [-0.25, -0.2) is 0 Å². The van der Waals surface area contributed by atoms with Crippen molar-refractivity contribution in [3.63, 3.8) is 0 Å². The first-order valence-electron chi connectivity index (χ1n) is 6.76. The fraction of sp³-hybridized carbons (Fsp3) is 0.467. The molecule has 0 spiro atoms. The number of carbonyl (C=O) groups excluding carboxylic acids is 1. The highest BCUT2D eigenvalue weighted by Crippen LogP contribution is 2.16. The molecule has 2 N–H and O–H groups in total. The Bertz CT molecular complexity index is 457. The lowest BCUT2D eigenvalue weighted by atomic mass is 10.1. The number of rotatable bonds is 7. The van der Waals surface area contributed by atoms with Crippen molar-refractivity contribution in [2.24, 2.45) is 0 Å². The van der Waals surface area contributed by atoms with E-state index in [0.29, 0.717) is 5.69 Å². The predicted octanol–water partition coefficient (Wildman–Crippen LogP) is 1.80. The van der Waals surface area contributed by atoms with E-state index in [4.69, 9.17) is 5.11 Å². The highest BCUT2D eigenvalue weighted by molar-refractivity contribution is 5.97. The second-order valence-electron chi connectivity index (χ2n) is 4.87. The van der Waals surface area contributed by atoms with E-state index in [1.54, 1.807) is 12.1 Å². The van der Waals surface area contributed by atoms with Gasteiger partial charge in [-0.15, -0.1) is 0 Å². The number of aryl methyl sites for hydroxylation is 1. The van der Waals surface area contributed by atoms with E-state index in [-0.39, 0.29) is 24.9 Å². The number of hydrogen-bond acceptors (Lipinski definition) is 3. The minimum atomic E-state index is -1.02. The first-order chi connectivity index (χ1) is 9.43. The number of benzene rings is 1. The zero-order chi connectivity index (χ0) is 15.1. The number of carboxylic acids is 1. The van der Waals surface area contributed by atoms with Crippen molar-refractivity contribution in [2.75, 3.05) is 18.0 Å². The van der Waals surface area contributed by atoms with Gasteiger partial charge in [0.05, 0.1) is 0 Å². The third-order valence-electron chi connectivity index (χ3n) is 2.97. The summed E-state index contributed by atoms with van der Waals surface area (Å²) in [6, 6.07) is 7.30. The van der Waals surface area contributed by atoms with E-state index in [1.807, 2.05) is 32.9 Å². The minimum absolute atomic E-state index is 0.0224. The quantitative estimate of drug-likeness (QED) is 0.798. The molecule has 1 amide bonds. The summed E-state index contributed by atoms with van der Waals surface area (Å²) in [4.78, 5) is 24.5. The zero-order valence-electron chi connectivity index (χ0n) is 12.2. The smallest absolute Gasteiger partial charge is 0.323 e. The van der Waals surface area contributed by atoms with Crippen LogP contribution >= 0.6 is 0 Å². The topological polar surface area (TPSA) is 69.6 Å². The van der Waals surface area contributed by atoms with Gasteiger partial charge in [0, 0.05) is 18.2 Å². The first-order valence-corrected chi connectivity index (χ1v) is 6.76. The maximum absolute atomic E-state index is 12.3. The molecule has 1 rings (SSSR count). The Morgan fingerprint density at radius 1 is 1.30 bits per heavy atom. The summed E-state index contributed by atoms with van der Waals surface area (Å²) >= 11 is 0. The van der Waals surface area contributed by atoms with E-state index < -0.39 is 5.97 Å². The summed E-state index contributed by atoms with van der Waals surface area (Å²) in [6.45, 7) is 6.28. The van der Waals surface area contributed by atoms with Gasteiger partial charge in [-0.3, -0.25) is 9.59 Å². The molecule has 0 saturated carbocycles. The SMILES string of the molecule is CCNC(C)CC(=O)N(CC(=O)O)c1ccc(C)cc1. The van der Waals surface area contributed by atoms with Gasteiger partial charge < -0.3 is 15.3 Å². The molecule has 0 saturated heterocycles. The van der Waals surface area contributed by atoms with E-state index in [9.17, 15) is 9.59 Å². The average Bonchev–Trinajstić information content (AvgIpc) is 2.37. The normalized spacial score (nSPS) is 11.9. The number of aliphatic carboxylic acids is 1. The number of amides is 1. The van der Waals surface area contributed by atoms with Crippen molar-refractivity contribution in [2.45, 2.75) is 33.2 Å². The highest BCUT2D eigenvalue weighted by atomic mass is 16.4. The Morgan fingerprint density at radius 3 is 2.40 bits per heavy atom. The Hall–Kier alpha value is -1.88. The fourth-order valence-electron chi connectivity index (χ4n) is 1.98. The molecule has 1 atom stereocenters. The number of nitrogens with zero attached hydrogens (tertiary/aromatic N) is 1. The maximum Gasteiger partial charge on any atom is 0.323 e. The van der Waals surface area contributed by atoms with Crippen LogP contribution in [0.4, 0.5) is 5.69 Å². The van der Waals surface area contributed by atoms with Crippen molar-refractivity contribution in [1.29, 1.82) is 0 Å². The van der Waals surface area contributed by atoms with Crippen molar-refractivity contribution < 1.29 is 14.7 Å². The minimum Gasteiger partial charge on any atom is -0.480 e. The largest absolute Gasteiger partial charge is 0.480 e. The maximum atomic E-state index is 12.3. The van der Waals surface area contributed by atoms with Crippen LogP contribution in [0, 0.1) is 6.92 Å². The lowest BCUT2D eigenvalue weighted by Crippen LogP contribution is -2.39. The molecule has 0 radical (unpaired) electrons. The summed E-state index contributed by atoms with van der Waals surface area (Å²) < 4.78 is 0. The van der Waals surface area contributed by atoms with E-state index in [2.05, 4.69) is 5.32 Å². The molecule has 0 aliphatic rings. The molecule has 1 unspecified atom stereocenters. The van der Waals surface area contributed by atoms with Crippen LogP contribution in [0.1, 0.15) is 25.8 Å². The van der Waals surface area contributed by atoms with E-state index in [0.717, 1.165) is 12.1 Å². The first kappa shape index (κ1) is 16.2. The summed E-state index contributed by atoms with van der Waals surface area (Å²) in [5, 5.41) is 12.1. The summed E-state index contributed by atoms with van der Waals surface area (Å²) in [5.74, 6) is -1.21. The lowest BCUT2D eigenvalue weighted by molar-refractivity contribution is -0.136. The van der Waals surface area contributed by atoms with Crippen LogP contribution in [0.5, 0.6) is 0 Å². The molecule has 0 aliphatic carbocycles. The van der Waals surface area contributed by atoms with Crippen molar-refractivity contribution in [3.8, 4) is 0 Å². The molecule has 0 heterocycles. The van der Waals surface area contributed by atoms with E-state index in [1.165, 1.54) is 4.90 Å². The molecule has 0 bridgehead atoms. The van der Waals surface area contributed by atoms with Gasteiger partial charge in [0.1, 0.15) is 6.54 Å². The molecular weight excluding hydrogens is 256 g/mol. The predicted molar refractivity (Wildman–Crippen MR) is 78.9 cm³/mol. The van der Waals surface area contributed by atoms with Gasteiger partial charge in [0.25, 0.3) is 0 Å². The Balaban J connectivity index is 2.85. The monoisotopic (exact) mass is 278 g/mol. The molecule has 110 valence electrons. The number of nitrogens with one attached hydrogen (secondary N) is 1. The molecule has 1 aromatic rings. The van der Waals surface area contributed by atoms with Gasteiger partial charge in [-0.2, -0.15) is 0 Å². The Kier molecular flexibility index (Phi) is 6.18. The summed E-state index contributed by atoms with van der Waals surface area (Å²) in [5.41, 5.74) is 1.68. The number of carbonyl (C=O) groups is 2. The highest BCUT2D eigenvalue weighted by Gasteiger charge is 2.20. The second kappa shape index (κ2) is 7.65. The third kappa shape index (κ3) is 5.01. The number of anilines is 1. The van der Waals surface area contributed by atoms with E-state index >= 15 is 0 Å². The Morgan fingerprint density at radius 2 is 1.90 bits per heavy atom. The van der Waals surface area contributed by atoms with Gasteiger partial charge in [-0.05, 0) is 32.5 Å². The third-order valence-corrected chi connectivity index (χ3v) is 2.97. The van der Waals surface area contributed by atoms with Crippen LogP contribution in [-0.2, 0) is 9.59 Å². The zero-order valence-corrected chi connectivity index (χ0v) is 12.2. The van der Waals surface area contributed by atoms with Crippen LogP contribution in [0.3, 0.4) is 0 Å². The lowest BCUT2D eigenvalue weighted by Gasteiger charge is -2.23. The van der Waals surface area contributed by atoms with Crippen LogP contribution in [0.15, 0.2) is 24.3 Å². The van der Waals surface area contributed by atoms with Crippen LogP contribution in [-0.4, -0.2) is 36.1 Å². The number of carboxylic acid groups (broad SMARTS) is 1. The second-order valence-corrected chi connectivity index (χ2v) is 4.87. The molecule has 5 nitrogen and oxygen atoms in total. The van der Waals surface area contributed by atoms with Gasteiger partial charge in [-0.1, -0.05) is 24.6 Å². The molecule has 1 aromatic carbocycles. The van der Waals surface area contributed by atoms with Crippen LogP contribution in [0.2, 0.25) is 0 Å². The molecule has 0 aromatic heterocycles. The average molecular weight is 278 g/mol. The van der Waals surface area contributed by atoms with Crippen molar-refractivity contribution >= 4 is 17.6 Å². The standard InChI is InChI=1S/C15H22N2O3/c1-4-16-12(3)9-14(18)17(10-15(19)20)13-7-5-11(2)6-8-13/h5-8,12,16H,4,9-10H2,1-3H3,(H,19,20). The Labute approximate surface area is 119 Å². The summed E-state index contributed by atoms with van der Waals surface area (Å²) in [6.07, 6.45) is 0.273. The molecular formula is C15H22N2O3. The molecule has 0 aliphatic heterocycles. The summed E-state index contributed by atoms with van der Waals surface area (Å²) in [7, 11) is 0. The van der Waals surface area contributed by atoms with Crippen molar-refractivity contribution in [3.05, 3.63) is 29.8 Å². The van der Waals surface area contributed by atoms with Gasteiger partial charge in [0.2, 0.25) is 5.91 Å².